The van der Waals surface area contributed by atoms with Gasteiger partial charge >= 0.3 is 0 Å². The number of benzene rings is 1. The fourth-order valence-electron chi connectivity index (χ4n) is 1.48. The molecule has 0 aliphatic carbocycles. The lowest BCUT2D eigenvalue weighted by atomic mass is 10.3. The van der Waals surface area contributed by atoms with Crippen molar-refractivity contribution in [1.29, 1.82) is 0 Å². The molecule has 2 rings (SSSR count). The highest BCUT2D eigenvalue weighted by Crippen LogP contribution is 2.27. The summed E-state index contributed by atoms with van der Waals surface area (Å²) in [6, 6.07) is 8.37. The summed E-state index contributed by atoms with van der Waals surface area (Å²) in [5, 5.41) is 4.83. The first-order valence-electron chi connectivity index (χ1n) is 6.12. The predicted octanol–water partition coefficient (Wildman–Crippen LogP) is 4.63. The maximum atomic E-state index is 11.7. The normalized spacial score (nSPS) is 11.4. The van der Waals surface area contributed by atoms with Crippen LogP contribution in [0.3, 0.4) is 0 Å². The standard InChI is InChI=1S/C14H11Cl3N2O2S/c1-8(12-4-5-13(17)22-12)18-19-14(20)7-21-11-3-2-9(15)6-10(11)16/h2-6H,7H2,1H3,(H,19,20). The van der Waals surface area contributed by atoms with E-state index in [4.69, 9.17) is 39.5 Å². The third-order valence-electron chi connectivity index (χ3n) is 2.53. The Kier molecular flexibility index (Phi) is 6.08. The number of carbonyl (C=O) groups excluding carboxylic acids is 1. The lowest BCUT2D eigenvalue weighted by Crippen LogP contribution is -2.25. The second kappa shape index (κ2) is 7.83. The van der Waals surface area contributed by atoms with Crippen molar-refractivity contribution < 1.29 is 9.53 Å². The molecule has 0 saturated carbocycles. The number of halogens is 3. The summed E-state index contributed by atoms with van der Waals surface area (Å²) in [5.41, 5.74) is 3.07. The van der Waals surface area contributed by atoms with Crippen molar-refractivity contribution in [2.75, 3.05) is 6.61 Å². The maximum absolute atomic E-state index is 11.7. The number of amides is 1. The molecule has 0 aliphatic heterocycles. The van der Waals surface area contributed by atoms with Crippen LogP contribution in [0, 0.1) is 0 Å². The van der Waals surface area contributed by atoms with Crippen LogP contribution in [0.4, 0.5) is 0 Å². The minimum Gasteiger partial charge on any atom is -0.482 e. The lowest BCUT2D eigenvalue weighted by Gasteiger charge is -2.07. The SMILES string of the molecule is CC(=NNC(=O)COc1ccc(Cl)cc1Cl)c1ccc(Cl)s1. The van der Waals surface area contributed by atoms with Gasteiger partial charge in [0.15, 0.2) is 6.61 Å². The van der Waals surface area contributed by atoms with Crippen LogP contribution < -0.4 is 10.2 Å². The Morgan fingerprint density at radius 2 is 2.05 bits per heavy atom. The molecule has 0 unspecified atom stereocenters. The predicted molar refractivity (Wildman–Crippen MR) is 91.6 cm³/mol. The molecule has 1 aromatic carbocycles. The largest absolute Gasteiger partial charge is 0.482 e. The van der Waals surface area contributed by atoms with Crippen molar-refractivity contribution in [2.24, 2.45) is 5.10 Å². The van der Waals surface area contributed by atoms with Crippen LogP contribution >= 0.6 is 46.1 Å². The first-order chi connectivity index (χ1) is 10.5. The Morgan fingerprint density at radius 3 is 2.68 bits per heavy atom. The van der Waals surface area contributed by atoms with E-state index >= 15 is 0 Å². The number of nitrogens with one attached hydrogen (secondary N) is 1. The van der Waals surface area contributed by atoms with E-state index in [2.05, 4.69) is 10.5 Å². The first kappa shape index (κ1) is 17.1. The van der Waals surface area contributed by atoms with Gasteiger partial charge in [-0.15, -0.1) is 11.3 Å². The van der Waals surface area contributed by atoms with Crippen LogP contribution in [-0.4, -0.2) is 18.2 Å². The quantitative estimate of drug-likeness (QED) is 0.610. The summed E-state index contributed by atoms with van der Waals surface area (Å²) >= 11 is 18.9. The molecule has 0 spiro atoms. The second-order valence-electron chi connectivity index (χ2n) is 4.20. The minimum absolute atomic E-state index is 0.205. The molecule has 0 aliphatic rings. The van der Waals surface area contributed by atoms with Gasteiger partial charge in [-0.3, -0.25) is 4.79 Å². The molecule has 1 N–H and O–H groups in total. The third-order valence-corrected chi connectivity index (χ3v) is 4.40. The van der Waals surface area contributed by atoms with Crippen LogP contribution in [-0.2, 0) is 4.79 Å². The average molecular weight is 378 g/mol. The minimum atomic E-state index is -0.395. The fraction of sp³-hybridized carbons (Fsp3) is 0.143. The van der Waals surface area contributed by atoms with Gasteiger partial charge in [-0.2, -0.15) is 5.10 Å². The molecule has 4 nitrogen and oxygen atoms in total. The average Bonchev–Trinajstić information content (AvgIpc) is 2.90. The molecule has 22 heavy (non-hydrogen) atoms. The number of rotatable bonds is 5. The Labute approximate surface area is 146 Å². The molecule has 0 atom stereocenters. The van der Waals surface area contributed by atoms with Gasteiger partial charge in [-0.25, -0.2) is 5.43 Å². The third kappa shape index (κ3) is 4.88. The van der Waals surface area contributed by atoms with Gasteiger partial charge < -0.3 is 4.74 Å². The zero-order chi connectivity index (χ0) is 16.1. The van der Waals surface area contributed by atoms with Crippen molar-refractivity contribution in [3.8, 4) is 5.75 Å². The van der Waals surface area contributed by atoms with E-state index < -0.39 is 5.91 Å². The van der Waals surface area contributed by atoms with E-state index in [1.807, 2.05) is 6.07 Å². The van der Waals surface area contributed by atoms with Gasteiger partial charge in [0.2, 0.25) is 0 Å². The highest BCUT2D eigenvalue weighted by atomic mass is 35.5. The van der Waals surface area contributed by atoms with Gasteiger partial charge in [0.25, 0.3) is 5.91 Å². The summed E-state index contributed by atoms with van der Waals surface area (Å²) in [7, 11) is 0. The molecule has 1 aromatic heterocycles. The number of nitrogens with zero attached hydrogens (tertiary/aromatic N) is 1. The number of carbonyl (C=O) groups is 1. The number of thiophene rings is 1. The van der Waals surface area contributed by atoms with Gasteiger partial charge in [-0.05, 0) is 37.3 Å². The summed E-state index contributed by atoms with van der Waals surface area (Å²) in [6.07, 6.45) is 0. The number of hydrazone groups is 1. The number of hydrogen-bond acceptors (Lipinski definition) is 4. The molecule has 116 valence electrons. The van der Waals surface area contributed by atoms with Crippen LogP contribution in [0.2, 0.25) is 14.4 Å². The Balaban J connectivity index is 1.88. The highest BCUT2D eigenvalue weighted by Gasteiger charge is 2.07. The van der Waals surface area contributed by atoms with E-state index in [1.165, 1.54) is 11.3 Å². The first-order valence-corrected chi connectivity index (χ1v) is 8.07. The van der Waals surface area contributed by atoms with Crippen molar-refractivity contribution in [3.05, 3.63) is 49.6 Å². The van der Waals surface area contributed by atoms with Gasteiger partial charge in [0, 0.05) is 5.02 Å². The molecular weight excluding hydrogens is 367 g/mol. The molecule has 1 heterocycles. The highest BCUT2D eigenvalue weighted by molar-refractivity contribution is 7.18. The van der Waals surface area contributed by atoms with E-state index in [0.29, 0.717) is 25.8 Å². The summed E-state index contributed by atoms with van der Waals surface area (Å²) in [4.78, 5) is 12.6. The molecule has 8 heteroatoms. The topological polar surface area (TPSA) is 50.7 Å². The number of ether oxygens (including phenoxy) is 1. The lowest BCUT2D eigenvalue weighted by molar-refractivity contribution is -0.123. The van der Waals surface area contributed by atoms with Crippen LogP contribution in [0.5, 0.6) is 5.75 Å². The van der Waals surface area contributed by atoms with Crippen LogP contribution in [0.15, 0.2) is 35.4 Å². The van der Waals surface area contributed by atoms with E-state index in [-0.39, 0.29) is 6.61 Å². The summed E-state index contributed by atoms with van der Waals surface area (Å²) in [5.74, 6) is -0.0139. The maximum Gasteiger partial charge on any atom is 0.277 e. The number of hydrogen-bond donors (Lipinski definition) is 1. The molecule has 0 radical (unpaired) electrons. The van der Waals surface area contributed by atoms with Gasteiger partial charge in [-0.1, -0.05) is 34.8 Å². The van der Waals surface area contributed by atoms with Crippen molar-refractivity contribution in [2.45, 2.75) is 6.92 Å². The summed E-state index contributed by atoms with van der Waals surface area (Å²) < 4.78 is 5.97. The molecule has 0 fully saturated rings. The molecular formula is C14H11Cl3N2O2S. The monoisotopic (exact) mass is 376 g/mol. The van der Waals surface area contributed by atoms with Crippen molar-refractivity contribution >= 4 is 57.8 Å². The Hall–Kier alpha value is -1.27. The van der Waals surface area contributed by atoms with Crippen LogP contribution in [0.25, 0.3) is 0 Å². The molecule has 0 bridgehead atoms. The molecule has 1 amide bonds. The van der Waals surface area contributed by atoms with E-state index in [0.717, 1.165) is 4.88 Å². The van der Waals surface area contributed by atoms with Crippen LogP contribution in [0.1, 0.15) is 11.8 Å². The summed E-state index contributed by atoms with van der Waals surface area (Å²) in [6.45, 7) is 1.57. The van der Waals surface area contributed by atoms with Crippen molar-refractivity contribution in [1.82, 2.24) is 5.43 Å². The Bertz CT molecular complexity index is 716. The smallest absolute Gasteiger partial charge is 0.277 e. The molecule has 2 aromatic rings. The Morgan fingerprint density at radius 1 is 1.27 bits per heavy atom. The van der Waals surface area contributed by atoms with Gasteiger partial charge in [0.1, 0.15) is 5.75 Å². The van der Waals surface area contributed by atoms with Crippen molar-refractivity contribution in [3.63, 3.8) is 0 Å². The van der Waals surface area contributed by atoms with E-state index in [1.54, 1.807) is 31.2 Å². The zero-order valence-corrected chi connectivity index (χ0v) is 14.5. The van der Waals surface area contributed by atoms with E-state index in [9.17, 15) is 4.79 Å². The fourth-order valence-corrected chi connectivity index (χ4v) is 2.93. The second-order valence-corrected chi connectivity index (χ2v) is 6.76. The van der Waals surface area contributed by atoms with Gasteiger partial charge in [0.05, 0.1) is 19.9 Å². The molecule has 0 saturated heterocycles. The zero-order valence-electron chi connectivity index (χ0n) is 11.4.